The first-order valence-corrected chi connectivity index (χ1v) is 4.75. The van der Waals surface area contributed by atoms with Crippen LogP contribution >= 0.6 is 0 Å². The third-order valence-corrected chi connectivity index (χ3v) is 1.97. The second kappa shape index (κ2) is 5.75. The average molecular weight is 241 g/mol. The minimum absolute atomic E-state index is 0.153. The minimum Gasteiger partial charge on any atom is -0.480 e. The van der Waals surface area contributed by atoms with Crippen LogP contribution in [0.5, 0.6) is 0 Å². The third kappa shape index (κ3) is 4.88. The number of nitrogens with one attached hydrogen (secondary N) is 2. The van der Waals surface area contributed by atoms with Gasteiger partial charge in [-0.25, -0.2) is 9.59 Å². The molecule has 0 aromatic heterocycles. The Bertz CT molecular complexity index is 370. The Morgan fingerprint density at radius 1 is 1.47 bits per heavy atom. The van der Waals surface area contributed by atoms with Crippen molar-refractivity contribution in [2.75, 3.05) is 0 Å². The Labute approximate surface area is 98.7 Å². The normalized spacial score (nSPS) is 12.1. The highest BCUT2D eigenvalue weighted by Gasteiger charge is 2.28. The molecule has 7 nitrogen and oxygen atoms in total. The lowest BCUT2D eigenvalue weighted by atomic mass is 10.1. The van der Waals surface area contributed by atoms with Gasteiger partial charge in [0.2, 0.25) is 5.91 Å². The molecule has 1 atom stereocenters. The summed E-state index contributed by atoms with van der Waals surface area (Å²) in [5.74, 6) is 0.131. The van der Waals surface area contributed by atoms with Crippen LogP contribution in [0.1, 0.15) is 20.3 Å². The van der Waals surface area contributed by atoms with E-state index in [2.05, 4.69) is 16.6 Å². The van der Waals surface area contributed by atoms with E-state index in [1.807, 2.05) is 0 Å². The molecule has 0 saturated carbocycles. The average Bonchev–Trinajstić information content (AvgIpc) is 2.15. The Morgan fingerprint density at radius 3 is 2.35 bits per heavy atom. The number of carboxylic acids is 1. The van der Waals surface area contributed by atoms with Crippen molar-refractivity contribution in [3.63, 3.8) is 0 Å². The second-order valence-corrected chi connectivity index (χ2v) is 3.89. The predicted octanol–water partition coefficient (Wildman–Crippen LogP) is -0.974. The number of aliphatic carboxylic acids is 1. The summed E-state index contributed by atoms with van der Waals surface area (Å²) in [4.78, 5) is 33.0. The van der Waals surface area contributed by atoms with Gasteiger partial charge in [-0.3, -0.25) is 4.79 Å². The van der Waals surface area contributed by atoms with Crippen molar-refractivity contribution in [2.24, 2.45) is 5.73 Å². The molecule has 0 aromatic rings. The molecule has 0 saturated heterocycles. The Morgan fingerprint density at radius 2 is 2.00 bits per heavy atom. The van der Waals surface area contributed by atoms with Gasteiger partial charge in [0.1, 0.15) is 11.6 Å². The number of carbonyl (C=O) groups excluding carboxylic acids is 2. The Kier molecular flexibility index (Phi) is 4.99. The van der Waals surface area contributed by atoms with Crippen molar-refractivity contribution in [2.45, 2.75) is 31.8 Å². The molecule has 0 heterocycles. The molecular weight excluding hydrogens is 226 g/mol. The summed E-state index contributed by atoms with van der Waals surface area (Å²) in [7, 11) is 0. The predicted molar refractivity (Wildman–Crippen MR) is 59.8 cm³/mol. The number of urea groups is 1. The van der Waals surface area contributed by atoms with E-state index in [0.717, 1.165) is 0 Å². The van der Waals surface area contributed by atoms with E-state index in [1.165, 1.54) is 13.8 Å². The fourth-order valence-electron chi connectivity index (χ4n) is 0.858. The van der Waals surface area contributed by atoms with E-state index in [4.69, 9.17) is 17.3 Å². The number of nitrogens with two attached hydrogens (primary N) is 1. The van der Waals surface area contributed by atoms with Crippen LogP contribution in [-0.4, -0.2) is 34.6 Å². The SMILES string of the molecule is C#CCC(NC(=O)NC(C)(C)C(N)=O)C(=O)O. The summed E-state index contributed by atoms with van der Waals surface area (Å²) in [6.07, 6.45) is 4.81. The van der Waals surface area contributed by atoms with Gasteiger partial charge < -0.3 is 21.5 Å². The molecular formula is C10H15N3O4. The largest absolute Gasteiger partial charge is 0.480 e. The summed E-state index contributed by atoms with van der Waals surface area (Å²) in [5, 5.41) is 13.1. The molecule has 0 spiro atoms. The van der Waals surface area contributed by atoms with Crippen molar-refractivity contribution in [1.29, 1.82) is 0 Å². The highest BCUT2D eigenvalue weighted by molar-refractivity contribution is 5.90. The van der Waals surface area contributed by atoms with Crippen molar-refractivity contribution in [3.05, 3.63) is 0 Å². The van der Waals surface area contributed by atoms with Gasteiger partial charge in [-0.1, -0.05) is 0 Å². The fourth-order valence-corrected chi connectivity index (χ4v) is 0.858. The molecule has 0 radical (unpaired) electrons. The van der Waals surface area contributed by atoms with Gasteiger partial charge in [0.05, 0.1) is 0 Å². The quantitative estimate of drug-likeness (QED) is 0.462. The second-order valence-electron chi connectivity index (χ2n) is 3.89. The first kappa shape index (κ1) is 14.8. The van der Waals surface area contributed by atoms with E-state index in [1.54, 1.807) is 0 Å². The number of carboxylic acid groups (broad SMARTS) is 1. The lowest BCUT2D eigenvalue weighted by molar-refractivity contribution is -0.139. The highest BCUT2D eigenvalue weighted by Crippen LogP contribution is 2.00. The van der Waals surface area contributed by atoms with Gasteiger partial charge in [0.15, 0.2) is 0 Å². The summed E-state index contributed by atoms with van der Waals surface area (Å²) in [6.45, 7) is 2.79. The van der Waals surface area contributed by atoms with Gasteiger partial charge in [-0.05, 0) is 13.8 Å². The molecule has 1 unspecified atom stereocenters. The Hall–Kier alpha value is -2.23. The number of primary amides is 1. The van der Waals surface area contributed by atoms with Gasteiger partial charge >= 0.3 is 12.0 Å². The van der Waals surface area contributed by atoms with E-state index in [0.29, 0.717) is 0 Å². The number of hydrogen-bond donors (Lipinski definition) is 4. The van der Waals surface area contributed by atoms with Gasteiger partial charge in [0.25, 0.3) is 0 Å². The molecule has 94 valence electrons. The molecule has 0 fully saturated rings. The van der Waals surface area contributed by atoms with E-state index in [9.17, 15) is 14.4 Å². The summed E-state index contributed by atoms with van der Waals surface area (Å²) >= 11 is 0. The molecule has 0 aliphatic rings. The van der Waals surface area contributed by atoms with E-state index in [-0.39, 0.29) is 6.42 Å². The van der Waals surface area contributed by atoms with Gasteiger partial charge in [-0.15, -0.1) is 12.3 Å². The molecule has 0 aliphatic heterocycles. The zero-order chi connectivity index (χ0) is 13.6. The van der Waals surface area contributed by atoms with Gasteiger partial charge in [-0.2, -0.15) is 0 Å². The van der Waals surface area contributed by atoms with Crippen LogP contribution in [0.25, 0.3) is 0 Å². The van der Waals surface area contributed by atoms with Crippen LogP contribution in [0.4, 0.5) is 4.79 Å². The maximum absolute atomic E-state index is 11.4. The fraction of sp³-hybridized carbons (Fsp3) is 0.500. The number of hydrogen-bond acceptors (Lipinski definition) is 3. The molecule has 17 heavy (non-hydrogen) atoms. The Balaban J connectivity index is 4.50. The van der Waals surface area contributed by atoms with Crippen LogP contribution in [0.2, 0.25) is 0 Å². The smallest absolute Gasteiger partial charge is 0.327 e. The van der Waals surface area contributed by atoms with Crippen LogP contribution < -0.4 is 16.4 Å². The zero-order valence-corrected chi connectivity index (χ0v) is 9.61. The summed E-state index contributed by atoms with van der Waals surface area (Å²) < 4.78 is 0. The standard InChI is InChI=1S/C10H15N3O4/c1-4-5-6(7(14)15)12-9(17)13-10(2,3)8(11)16/h1,6H,5H2,2-3H3,(H2,11,16)(H,14,15)(H2,12,13,17). The van der Waals surface area contributed by atoms with Crippen LogP contribution in [0, 0.1) is 12.3 Å². The molecule has 0 aliphatic carbocycles. The van der Waals surface area contributed by atoms with Crippen LogP contribution in [0.15, 0.2) is 0 Å². The van der Waals surface area contributed by atoms with E-state index < -0.39 is 29.5 Å². The summed E-state index contributed by atoms with van der Waals surface area (Å²) in [5.41, 5.74) is 3.76. The van der Waals surface area contributed by atoms with Crippen molar-refractivity contribution < 1.29 is 19.5 Å². The number of terminal acetylenes is 1. The maximum Gasteiger partial charge on any atom is 0.327 e. The zero-order valence-electron chi connectivity index (χ0n) is 9.61. The lowest BCUT2D eigenvalue weighted by Gasteiger charge is -2.23. The first-order chi connectivity index (χ1) is 7.70. The van der Waals surface area contributed by atoms with Crippen molar-refractivity contribution >= 4 is 17.9 Å². The van der Waals surface area contributed by atoms with Gasteiger partial charge in [0, 0.05) is 6.42 Å². The molecule has 0 aromatic carbocycles. The minimum atomic E-state index is -1.27. The monoisotopic (exact) mass is 241 g/mol. The molecule has 3 amide bonds. The maximum atomic E-state index is 11.4. The van der Waals surface area contributed by atoms with Crippen LogP contribution in [-0.2, 0) is 9.59 Å². The lowest BCUT2D eigenvalue weighted by Crippen LogP contribution is -2.57. The van der Waals surface area contributed by atoms with Crippen molar-refractivity contribution in [1.82, 2.24) is 10.6 Å². The molecule has 0 rings (SSSR count). The topological polar surface area (TPSA) is 122 Å². The molecule has 0 bridgehead atoms. The molecule has 7 heteroatoms. The molecule has 5 N–H and O–H groups in total. The number of amides is 3. The van der Waals surface area contributed by atoms with Crippen molar-refractivity contribution in [3.8, 4) is 12.3 Å². The highest BCUT2D eigenvalue weighted by atomic mass is 16.4. The summed E-state index contributed by atoms with van der Waals surface area (Å²) in [6, 6.07) is -2.03. The third-order valence-electron chi connectivity index (χ3n) is 1.97. The first-order valence-electron chi connectivity index (χ1n) is 4.75. The van der Waals surface area contributed by atoms with Crippen LogP contribution in [0.3, 0.4) is 0 Å². The number of rotatable bonds is 5. The number of carbonyl (C=O) groups is 3. The van der Waals surface area contributed by atoms with E-state index >= 15 is 0 Å².